The Kier molecular flexibility index (Phi) is 5.49. The van der Waals surface area contributed by atoms with E-state index in [1.165, 1.54) is 82.7 Å². The van der Waals surface area contributed by atoms with Crippen LogP contribution in [-0.2, 0) is 5.41 Å². The van der Waals surface area contributed by atoms with Gasteiger partial charge in [-0.25, -0.2) is 0 Å². The summed E-state index contributed by atoms with van der Waals surface area (Å²) in [6, 6.07) is 67.3. The van der Waals surface area contributed by atoms with Crippen molar-refractivity contribution in [3.05, 3.63) is 204 Å². The molecule has 0 fully saturated rings. The summed E-state index contributed by atoms with van der Waals surface area (Å²) < 4.78 is 6.20. The van der Waals surface area contributed by atoms with Crippen molar-refractivity contribution in [3.63, 3.8) is 0 Å². The number of hydrogen-bond donors (Lipinski definition) is 0. The molecule has 1 heterocycles. The predicted molar refractivity (Wildman–Crippen MR) is 216 cm³/mol. The molecule has 240 valence electrons. The summed E-state index contributed by atoms with van der Waals surface area (Å²) in [7, 11) is 0. The van der Waals surface area contributed by atoms with Gasteiger partial charge in [-0.3, -0.25) is 0 Å². The van der Waals surface area contributed by atoms with E-state index in [4.69, 9.17) is 4.42 Å². The summed E-state index contributed by atoms with van der Waals surface area (Å²) in [6.07, 6.45) is 0. The molecule has 1 nitrogen and oxygen atoms in total. The first kappa shape index (κ1) is 28.0. The second-order valence-corrected chi connectivity index (χ2v) is 14.4. The van der Waals surface area contributed by atoms with Crippen molar-refractivity contribution in [1.29, 1.82) is 0 Å². The highest BCUT2D eigenvalue weighted by atomic mass is 16.3. The van der Waals surface area contributed by atoms with E-state index in [-0.39, 0.29) is 5.41 Å². The average Bonchev–Trinajstić information content (AvgIpc) is 3.84. The summed E-state index contributed by atoms with van der Waals surface area (Å²) in [5.74, 6) is 0. The van der Waals surface area contributed by atoms with Gasteiger partial charge in [0.25, 0.3) is 0 Å². The molecule has 0 saturated carbocycles. The first-order chi connectivity index (χ1) is 25.8. The quantitative estimate of drug-likeness (QED) is 0.180. The maximum atomic E-state index is 6.20. The lowest BCUT2D eigenvalue weighted by atomic mass is 9.69. The largest absolute Gasteiger partial charge is 0.456 e. The fraction of sp³-hybridized carbons (Fsp3) is 0.0196. The molecule has 0 saturated heterocycles. The standard InChI is InChI=1S/C51H30O/c1-5-13-45-39(9-1)40-10-2-6-14-46(40)51(45)47-15-7-3-11-41(47)44-26-23-37-29-35(21-24-38(37)50(44)51)33-18-17-32-28-34(20-19-31(32)27-33)36-22-25-43-42-12-4-8-16-48(42)52-49(43)30-36/h1-30H. The van der Waals surface area contributed by atoms with Gasteiger partial charge in [0, 0.05) is 10.8 Å². The molecule has 0 aliphatic heterocycles. The minimum absolute atomic E-state index is 0.351. The number of rotatable bonds is 2. The van der Waals surface area contributed by atoms with Crippen LogP contribution in [0, 0.1) is 0 Å². The molecule has 1 spiro atoms. The van der Waals surface area contributed by atoms with Crippen molar-refractivity contribution < 1.29 is 4.42 Å². The average molecular weight is 659 g/mol. The van der Waals surface area contributed by atoms with Crippen LogP contribution in [0.3, 0.4) is 0 Å². The van der Waals surface area contributed by atoms with Crippen LogP contribution < -0.4 is 0 Å². The number of para-hydroxylation sites is 1. The SMILES string of the molecule is c1ccc2c(c1)-c1ccccc1C21c2ccccc2-c2ccc3cc(-c4ccc5cc(-c6ccc7c(c6)oc6ccccc67)ccc5c4)ccc3c21. The van der Waals surface area contributed by atoms with Crippen LogP contribution >= 0.6 is 0 Å². The topological polar surface area (TPSA) is 13.1 Å². The summed E-state index contributed by atoms with van der Waals surface area (Å²) in [6.45, 7) is 0. The van der Waals surface area contributed by atoms with Crippen molar-refractivity contribution in [2.75, 3.05) is 0 Å². The summed E-state index contributed by atoms with van der Waals surface area (Å²) >= 11 is 0. The third-order valence-electron chi connectivity index (χ3n) is 11.9. The molecule has 2 aliphatic carbocycles. The smallest absolute Gasteiger partial charge is 0.136 e. The molecule has 0 unspecified atom stereocenters. The maximum absolute atomic E-state index is 6.20. The van der Waals surface area contributed by atoms with Gasteiger partial charge in [0.1, 0.15) is 11.2 Å². The zero-order chi connectivity index (χ0) is 34.0. The number of hydrogen-bond acceptors (Lipinski definition) is 1. The second-order valence-electron chi connectivity index (χ2n) is 14.4. The zero-order valence-electron chi connectivity index (χ0n) is 28.2. The molecule has 0 amide bonds. The van der Waals surface area contributed by atoms with Crippen molar-refractivity contribution in [2.24, 2.45) is 0 Å². The maximum Gasteiger partial charge on any atom is 0.136 e. The molecule has 0 atom stereocenters. The Balaban J connectivity index is 0.980. The lowest BCUT2D eigenvalue weighted by Crippen LogP contribution is -2.26. The van der Waals surface area contributed by atoms with Gasteiger partial charge in [-0.15, -0.1) is 0 Å². The van der Waals surface area contributed by atoms with Gasteiger partial charge in [-0.05, 0) is 125 Å². The molecule has 10 aromatic rings. The zero-order valence-corrected chi connectivity index (χ0v) is 28.2. The van der Waals surface area contributed by atoms with Crippen LogP contribution in [0.25, 0.3) is 88.0 Å². The van der Waals surface area contributed by atoms with Crippen molar-refractivity contribution in [1.82, 2.24) is 0 Å². The Morgan fingerprint density at radius 3 is 1.42 bits per heavy atom. The molecule has 0 radical (unpaired) electrons. The number of furan rings is 1. The molecule has 9 aromatic carbocycles. The minimum Gasteiger partial charge on any atom is -0.456 e. The monoisotopic (exact) mass is 658 g/mol. The van der Waals surface area contributed by atoms with Crippen LogP contribution in [0.5, 0.6) is 0 Å². The Morgan fingerprint density at radius 1 is 0.308 bits per heavy atom. The fourth-order valence-corrected chi connectivity index (χ4v) is 9.62. The first-order valence-corrected chi connectivity index (χ1v) is 18.1. The van der Waals surface area contributed by atoms with E-state index in [0.717, 1.165) is 27.5 Å². The molecule has 1 aromatic heterocycles. The van der Waals surface area contributed by atoms with Gasteiger partial charge in [0.15, 0.2) is 0 Å². The molecule has 1 heteroatoms. The minimum atomic E-state index is -0.351. The van der Waals surface area contributed by atoms with Crippen molar-refractivity contribution >= 4 is 43.5 Å². The van der Waals surface area contributed by atoms with Gasteiger partial charge < -0.3 is 4.42 Å². The van der Waals surface area contributed by atoms with E-state index in [1.807, 2.05) is 12.1 Å². The van der Waals surface area contributed by atoms with Crippen LogP contribution in [0.1, 0.15) is 22.3 Å². The third-order valence-corrected chi connectivity index (χ3v) is 11.9. The molecule has 52 heavy (non-hydrogen) atoms. The number of fused-ring (bicyclic) bond motifs is 16. The number of benzene rings is 9. The highest BCUT2D eigenvalue weighted by Gasteiger charge is 2.52. The van der Waals surface area contributed by atoms with Gasteiger partial charge in [0.05, 0.1) is 5.41 Å². The molecular weight excluding hydrogens is 629 g/mol. The lowest BCUT2D eigenvalue weighted by Gasteiger charge is -2.31. The van der Waals surface area contributed by atoms with E-state index in [1.54, 1.807) is 0 Å². The van der Waals surface area contributed by atoms with Crippen molar-refractivity contribution in [2.45, 2.75) is 5.41 Å². The first-order valence-electron chi connectivity index (χ1n) is 18.1. The van der Waals surface area contributed by atoms with Gasteiger partial charge in [-0.1, -0.05) is 146 Å². The fourth-order valence-electron chi connectivity index (χ4n) is 9.62. The summed E-state index contributed by atoms with van der Waals surface area (Å²) in [4.78, 5) is 0. The Hall–Kier alpha value is -6.70. The summed E-state index contributed by atoms with van der Waals surface area (Å²) in [5.41, 5.74) is 17.2. The molecular formula is C51H30O. The second kappa shape index (κ2) is 10.2. The highest BCUT2D eigenvalue weighted by molar-refractivity contribution is 6.07. The van der Waals surface area contributed by atoms with Crippen LogP contribution in [0.4, 0.5) is 0 Å². The molecule has 2 aliphatic rings. The third kappa shape index (κ3) is 3.62. The van der Waals surface area contributed by atoms with E-state index in [9.17, 15) is 0 Å². The Labute approximate surface area is 301 Å². The van der Waals surface area contributed by atoms with Gasteiger partial charge in [0.2, 0.25) is 0 Å². The van der Waals surface area contributed by atoms with Crippen LogP contribution in [0.2, 0.25) is 0 Å². The van der Waals surface area contributed by atoms with E-state index in [2.05, 4.69) is 170 Å². The van der Waals surface area contributed by atoms with E-state index < -0.39 is 0 Å². The molecule has 0 bridgehead atoms. The molecule has 12 rings (SSSR count). The van der Waals surface area contributed by atoms with Crippen LogP contribution in [0.15, 0.2) is 186 Å². The predicted octanol–water partition coefficient (Wildman–Crippen LogP) is 13.6. The van der Waals surface area contributed by atoms with Gasteiger partial charge in [-0.2, -0.15) is 0 Å². The van der Waals surface area contributed by atoms with Crippen LogP contribution in [-0.4, -0.2) is 0 Å². The summed E-state index contributed by atoms with van der Waals surface area (Å²) in [5, 5.41) is 7.35. The van der Waals surface area contributed by atoms with Crippen molar-refractivity contribution in [3.8, 4) is 44.5 Å². The lowest BCUT2D eigenvalue weighted by molar-refractivity contribution is 0.669. The molecule has 0 N–H and O–H groups in total. The van der Waals surface area contributed by atoms with E-state index >= 15 is 0 Å². The highest BCUT2D eigenvalue weighted by Crippen LogP contribution is 2.64. The Bertz CT molecular complexity index is 3080. The van der Waals surface area contributed by atoms with E-state index in [0.29, 0.717) is 0 Å². The normalized spacial score (nSPS) is 13.5. The Morgan fingerprint density at radius 2 is 0.769 bits per heavy atom. The van der Waals surface area contributed by atoms with Gasteiger partial charge >= 0.3 is 0 Å².